The van der Waals surface area contributed by atoms with Crippen molar-refractivity contribution in [1.82, 2.24) is 25.1 Å². The van der Waals surface area contributed by atoms with Gasteiger partial charge in [-0.3, -0.25) is 4.68 Å². The highest BCUT2D eigenvalue weighted by Gasteiger charge is 2.13. The number of amides is 2. The molecular formula is C19H29N5O3S. The largest absolute Gasteiger partial charge is 0.338 e. The van der Waals surface area contributed by atoms with Gasteiger partial charge in [0.15, 0.2) is 0 Å². The number of aromatic nitrogens is 2. The van der Waals surface area contributed by atoms with Crippen LogP contribution in [-0.4, -0.2) is 36.8 Å². The van der Waals surface area contributed by atoms with Crippen molar-refractivity contribution >= 4 is 16.1 Å². The van der Waals surface area contributed by atoms with Crippen molar-refractivity contribution in [1.29, 1.82) is 0 Å². The van der Waals surface area contributed by atoms with Gasteiger partial charge in [0.1, 0.15) is 0 Å². The second-order valence-electron chi connectivity index (χ2n) is 7.24. The highest BCUT2D eigenvalue weighted by Crippen LogP contribution is 2.08. The summed E-state index contributed by atoms with van der Waals surface area (Å²) in [5, 5.41) is 9.80. The summed E-state index contributed by atoms with van der Waals surface area (Å²) in [7, 11) is -3.34. The van der Waals surface area contributed by atoms with Gasteiger partial charge in [-0.05, 0) is 37.0 Å². The molecule has 1 aromatic carbocycles. The minimum atomic E-state index is -3.34. The Kier molecular flexibility index (Phi) is 8.01. The molecule has 2 aromatic rings. The molecule has 28 heavy (non-hydrogen) atoms. The lowest BCUT2D eigenvalue weighted by Gasteiger charge is -2.13. The predicted octanol–water partition coefficient (Wildman–Crippen LogP) is 1.85. The van der Waals surface area contributed by atoms with Crippen LogP contribution < -0.4 is 15.4 Å². The number of urea groups is 1. The Balaban J connectivity index is 1.72. The van der Waals surface area contributed by atoms with Crippen LogP contribution in [0.5, 0.6) is 0 Å². The van der Waals surface area contributed by atoms with E-state index in [0.717, 1.165) is 12.1 Å². The average Bonchev–Trinajstić information content (AvgIpc) is 3.10. The van der Waals surface area contributed by atoms with Crippen LogP contribution in [0.1, 0.15) is 31.9 Å². The van der Waals surface area contributed by atoms with Gasteiger partial charge in [0, 0.05) is 38.1 Å². The Labute approximate surface area is 166 Å². The number of nitrogens with zero attached hydrogens (tertiary/aromatic N) is 2. The number of nitrogens with one attached hydrogen (secondary N) is 3. The van der Waals surface area contributed by atoms with E-state index in [-0.39, 0.29) is 23.7 Å². The molecule has 1 heterocycles. The minimum absolute atomic E-state index is 0.0620. The minimum Gasteiger partial charge on any atom is -0.338 e. The van der Waals surface area contributed by atoms with Crippen molar-refractivity contribution in [2.24, 2.45) is 5.92 Å². The Morgan fingerprint density at radius 2 is 1.79 bits per heavy atom. The van der Waals surface area contributed by atoms with E-state index < -0.39 is 10.0 Å². The molecule has 154 valence electrons. The third kappa shape index (κ3) is 8.10. The zero-order chi connectivity index (χ0) is 20.6. The lowest BCUT2D eigenvalue weighted by molar-refractivity contribution is 0.238. The van der Waals surface area contributed by atoms with E-state index in [2.05, 4.69) is 20.5 Å². The zero-order valence-electron chi connectivity index (χ0n) is 16.6. The van der Waals surface area contributed by atoms with Gasteiger partial charge in [-0.15, -0.1) is 0 Å². The fraction of sp³-hybridized carbons (Fsp3) is 0.474. The summed E-state index contributed by atoms with van der Waals surface area (Å²) >= 11 is 0. The quantitative estimate of drug-likeness (QED) is 0.559. The second kappa shape index (κ2) is 10.2. The summed E-state index contributed by atoms with van der Waals surface area (Å²) in [6, 6.07) is 8.67. The van der Waals surface area contributed by atoms with Crippen molar-refractivity contribution in [2.45, 2.75) is 45.7 Å². The van der Waals surface area contributed by atoms with Crippen molar-refractivity contribution in [3.05, 3.63) is 53.9 Å². The molecule has 0 saturated carbocycles. The second-order valence-corrected chi connectivity index (χ2v) is 9.00. The van der Waals surface area contributed by atoms with Gasteiger partial charge in [0.2, 0.25) is 10.0 Å². The summed E-state index contributed by atoms with van der Waals surface area (Å²) < 4.78 is 28.3. The molecular weight excluding hydrogens is 378 g/mol. The first-order chi connectivity index (χ1) is 13.2. The molecule has 9 heteroatoms. The third-order valence-corrected chi connectivity index (χ3v) is 5.46. The molecule has 0 fully saturated rings. The van der Waals surface area contributed by atoms with Gasteiger partial charge in [-0.1, -0.05) is 31.2 Å². The summed E-state index contributed by atoms with van der Waals surface area (Å²) in [6.45, 7) is 7.28. The van der Waals surface area contributed by atoms with Crippen molar-refractivity contribution in [3.8, 4) is 0 Å². The summed E-state index contributed by atoms with van der Waals surface area (Å²) in [4.78, 5) is 11.9. The van der Waals surface area contributed by atoms with E-state index in [0.29, 0.717) is 18.7 Å². The number of carbonyl (C=O) groups is 1. The zero-order valence-corrected chi connectivity index (χ0v) is 17.4. The van der Waals surface area contributed by atoms with E-state index >= 15 is 0 Å². The molecule has 0 spiro atoms. The molecule has 0 bridgehead atoms. The lowest BCUT2D eigenvalue weighted by Crippen LogP contribution is -2.38. The molecule has 0 unspecified atom stereocenters. The Hall–Kier alpha value is -2.39. The summed E-state index contributed by atoms with van der Waals surface area (Å²) in [5.41, 5.74) is 1.60. The average molecular weight is 408 g/mol. The van der Waals surface area contributed by atoms with Crippen LogP contribution in [0.25, 0.3) is 0 Å². The first-order valence-corrected chi connectivity index (χ1v) is 11.0. The monoisotopic (exact) mass is 407 g/mol. The van der Waals surface area contributed by atoms with Gasteiger partial charge < -0.3 is 10.6 Å². The maximum atomic E-state index is 12.0. The SMILES string of the molecule is CC(C)NS(=O)(=O)Cc1ccc(CNC(=O)NC[C@@H](C)Cn2cccn2)cc1. The number of hydrogen-bond donors (Lipinski definition) is 3. The Morgan fingerprint density at radius 1 is 1.11 bits per heavy atom. The number of benzene rings is 1. The fourth-order valence-electron chi connectivity index (χ4n) is 2.68. The van der Waals surface area contributed by atoms with Gasteiger partial charge in [0.05, 0.1) is 5.75 Å². The van der Waals surface area contributed by atoms with Crippen LogP contribution in [0.3, 0.4) is 0 Å². The molecule has 8 nitrogen and oxygen atoms in total. The molecule has 0 aliphatic rings. The summed E-state index contributed by atoms with van der Waals surface area (Å²) in [5.74, 6) is 0.194. The van der Waals surface area contributed by atoms with Gasteiger partial charge in [0.25, 0.3) is 0 Å². The molecule has 2 amide bonds. The van der Waals surface area contributed by atoms with Crippen LogP contribution in [-0.2, 0) is 28.9 Å². The summed E-state index contributed by atoms with van der Waals surface area (Å²) in [6.07, 6.45) is 3.62. The van der Waals surface area contributed by atoms with E-state index in [1.807, 2.05) is 36.0 Å². The molecule has 3 N–H and O–H groups in total. The van der Waals surface area contributed by atoms with E-state index in [9.17, 15) is 13.2 Å². The van der Waals surface area contributed by atoms with E-state index in [4.69, 9.17) is 0 Å². The van der Waals surface area contributed by atoms with E-state index in [1.165, 1.54) is 0 Å². The molecule has 1 aromatic heterocycles. The first kappa shape index (κ1) is 21.9. The maximum absolute atomic E-state index is 12.0. The lowest BCUT2D eigenvalue weighted by atomic mass is 10.1. The third-order valence-electron chi connectivity index (χ3n) is 3.92. The number of sulfonamides is 1. The Morgan fingerprint density at radius 3 is 2.39 bits per heavy atom. The maximum Gasteiger partial charge on any atom is 0.315 e. The number of rotatable bonds is 10. The number of hydrogen-bond acceptors (Lipinski definition) is 4. The van der Waals surface area contributed by atoms with Crippen LogP contribution in [0, 0.1) is 5.92 Å². The molecule has 0 radical (unpaired) electrons. The van der Waals surface area contributed by atoms with Gasteiger partial charge >= 0.3 is 6.03 Å². The van der Waals surface area contributed by atoms with Crippen LogP contribution >= 0.6 is 0 Å². The van der Waals surface area contributed by atoms with Crippen molar-refractivity contribution in [2.75, 3.05) is 6.54 Å². The molecule has 2 rings (SSSR count). The molecule has 0 aliphatic heterocycles. The Bertz CT molecular complexity index is 833. The van der Waals surface area contributed by atoms with E-state index in [1.54, 1.807) is 32.2 Å². The van der Waals surface area contributed by atoms with Crippen LogP contribution in [0.4, 0.5) is 4.79 Å². The van der Waals surface area contributed by atoms with Crippen molar-refractivity contribution < 1.29 is 13.2 Å². The topological polar surface area (TPSA) is 105 Å². The predicted molar refractivity (Wildman–Crippen MR) is 109 cm³/mol. The standard InChI is InChI=1S/C19H29N5O3S/c1-15(2)23-28(26,27)14-18-7-5-17(6-8-18)12-21-19(25)20-11-16(3)13-24-10-4-9-22-24/h4-10,15-16,23H,11-14H2,1-3H3,(H2,20,21,25)/t16-/m1/s1. The molecule has 1 atom stereocenters. The van der Waals surface area contributed by atoms with Crippen LogP contribution in [0.2, 0.25) is 0 Å². The highest BCUT2D eigenvalue weighted by atomic mass is 32.2. The first-order valence-electron chi connectivity index (χ1n) is 9.30. The van der Waals surface area contributed by atoms with Crippen molar-refractivity contribution in [3.63, 3.8) is 0 Å². The normalized spacial score (nSPS) is 12.7. The van der Waals surface area contributed by atoms with Crippen LogP contribution in [0.15, 0.2) is 42.7 Å². The van der Waals surface area contributed by atoms with Gasteiger partial charge in [-0.2, -0.15) is 5.10 Å². The highest BCUT2D eigenvalue weighted by molar-refractivity contribution is 7.88. The smallest absolute Gasteiger partial charge is 0.315 e. The number of carbonyl (C=O) groups excluding carboxylic acids is 1. The fourth-order valence-corrected chi connectivity index (χ4v) is 4.11. The molecule has 0 saturated heterocycles. The van der Waals surface area contributed by atoms with Gasteiger partial charge in [-0.25, -0.2) is 17.9 Å². The molecule has 0 aliphatic carbocycles.